The smallest absolute Gasteiger partial charge is 0.378 e. The SMILES string of the molecule is [B]OC(=O)C1=C(C[N@@+]23CC[C@@H](C2)N(C(=O)c2ccc(OCc4ccc(OC)cc4)c(OCc4ccc(OC)cc4)c2Cl)CC3)CS(=O)[C@@H]2CC(=O)N12. The van der Waals surface area contributed by atoms with E-state index in [0.29, 0.717) is 47.5 Å². The second kappa shape index (κ2) is 14.8. The first-order valence-electron chi connectivity index (χ1n) is 17.0. The van der Waals surface area contributed by atoms with Crippen LogP contribution in [-0.2, 0) is 38.3 Å². The molecule has 0 spiro atoms. The molecule has 3 aromatic rings. The first-order valence-corrected chi connectivity index (χ1v) is 18.7. The molecule has 7 rings (SSSR count). The van der Waals surface area contributed by atoms with E-state index in [4.69, 9.17) is 38.6 Å². The molecule has 15 heteroatoms. The molecular formula is C37H38BClN3O9S+. The Kier molecular flexibility index (Phi) is 10.2. The summed E-state index contributed by atoms with van der Waals surface area (Å²) >= 11 is 7.02. The number of benzene rings is 3. The first-order chi connectivity index (χ1) is 25.1. The van der Waals surface area contributed by atoms with Crippen molar-refractivity contribution in [3.05, 3.63) is 93.6 Å². The number of nitrogens with zero attached hydrogens (tertiary/aromatic N) is 3. The number of halogens is 1. The van der Waals surface area contributed by atoms with Crippen LogP contribution in [0.15, 0.2) is 71.9 Å². The van der Waals surface area contributed by atoms with Crippen LogP contribution >= 0.6 is 11.6 Å². The fraction of sp³-hybridized carbons (Fsp3) is 0.378. The molecule has 0 aliphatic carbocycles. The van der Waals surface area contributed by atoms with E-state index in [1.54, 1.807) is 26.4 Å². The number of piperazine rings is 1. The highest BCUT2D eigenvalue weighted by molar-refractivity contribution is 7.86. The zero-order chi connectivity index (χ0) is 36.6. The van der Waals surface area contributed by atoms with Gasteiger partial charge in [0.1, 0.15) is 42.3 Å². The van der Waals surface area contributed by atoms with Gasteiger partial charge in [0.2, 0.25) is 5.91 Å². The molecule has 3 saturated heterocycles. The van der Waals surface area contributed by atoms with Crippen molar-refractivity contribution in [2.24, 2.45) is 0 Å². The monoisotopic (exact) mass is 746 g/mol. The van der Waals surface area contributed by atoms with Gasteiger partial charge in [0.05, 0.1) is 69.2 Å². The molecule has 2 bridgehead atoms. The highest BCUT2D eigenvalue weighted by atomic mass is 35.5. The number of methoxy groups -OCH3 is 2. The van der Waals surface area contributed by atoms with E-state index in [0.717, 1.165) is 35.6 Å². The Labute approximate surface area is 310 Å². The third kappa shape index (κ3) is 6.86. The summed E-state index contributed by atoms with van der Waals surface area (Å²) in [7, 11) is 7.14. The number of rotatable bonds is 12. The first kappa shape index (κ1) is 35.9. The van der Waals surface area contributed by atoms with E-state index < -0.39 is 22.1 Å². The van der Waals surface area contributed by atoms with E-state index in [2.05, 4.69) is 4.65 Å². The van der Waals surface area contributed by atoms with E-state index in [1.165, 1.54) is 4.90 Å². The molecule has 4 heterocycles. The van der Waals surface area contributed by atoms with Gasteiger partial charge >= 0.3 is 14.0 Å². The van der Waals surface area contributed by atoms with Crippen LogP contribution in [0.5, 0.6) is 23.0 Å². The number of carbonyl (C=O) groups excluding carboxylic acids is 3. The van der Waals surface area contributed by atoms with Gasteiger partial charge in [-0.2, -0.15) is 0 Å². The molecule has 0 N–H and O–H groups in total. The summed E-state index contributed by atoms with van der Waals surface area (Å²) in [5.41, 5.74) is 2.80. The minimum Gasteiger partial charge on any atom is -0.539 e. The molecule has 270 valence electrons. The van der Waals surface area contributed by atoms with Crippen LogP contribution in [0.4, 0.5) is 0 Å². The molecule has 3 aromatic carbocycles. The molecule has 3 fully saturated rings. The van der Waals surface area contributed by atoms with Gasteiger partial charge < -0.3 is 33.0 Å². The van der Waals surface area contributed by atoms with Crippen LogP contribution < -0.4 is 18.9 Å². The van der Waals surface area contributed by atoms with Crippen LogP contribution in [0.1, 0.15) is 34.3 Å². The second-order valence-corrected chi connectivity index (χ2v) is 15.4. The Morgan fingerprint density at radius 3 is 2.21 bits per heavy atom. The average Bonchev–Trinajstić information content (AvgIpc) is 3.48. The molecule has 2 amide bonds. The van der Waals surface area contributed by atoms with Crippen molar-refractivity contribution in [2.45, 2.75) is 37.5 Å². The number of hydrogen-bond donors (Lipinski definition) is 0. The second-order valence-electron chi connectivity index (χ2n) is 13.4. The molecule has 52 heavy (non-hydrogen) atoms. The fourth-order valence-corrected chi connectivity index (χ4v) is 9.41. The lowest BCUT2D eigenvalue weighted by atomic mass is 10.1. The van der Waals surface area contributed by atoms with Crippen LogP contribution in [0.25, 0.3) is 0 Å². The van der Waals surface area contributed by atoms with Crippen molar-refractivity contribution in [3.8, 4) is 23.0 Å². The van der Waals surface area contributed by atoms with Gasteiger partial charge in [-0.05, 0) is 47.5 Å². The van der Waals surface area contributed by atoms with Crippen molar-refractivity contribution in [1.82, 2.24) is 9.80 Å². The Hall–Kier alpha value is -4.53. The third-order valence-electron chi connectivity index (χ3n) is 10.4. The zero-order valence-corrected chi connectivity index (χ0v) is 30.5. The van der Waals surface area contributed by atoms with Gasteiger partial charge in [0.25, 0.3) is 5.91 Å². The summed E-state index contributed by atoms with van der Waals surface area (Å²) in [5, 5.41) is -0.371. The molecule has 4 aliphatic heterocycles. The number of hydrogen-bond acceptors (Lipinski definition) is 9. The Morgan fingerprint density at radius 2 is 1.60 bits per heavy atom. The summed E-state index contributed by atoms with van der Waals surface area (Å²) in [4.78, 5) is 42.6. The summed E-state index contributed by atoms with van der Waals surface area (Å²) in [6.45, 7) is 3.24. The van der Waals surface area contributed by atoms with E-state index in [9.17, 15) is 18.6 Å². The lowest BCUT2D eigenvalue weighted by Crippen LogP contribution is -2.62. The predicted octanol–water partition coefficient (Wildman–Crippen LogP) is 3.76. The van der Waals surface area contributed by atoms with Crippen molar-refractivity contribution in [1.29, 1.82) is 0 Å². The van der Waals surface area contributed by atoms with E-state index in [-0.39, 0.29) is 59.7 Å². The van der Waals surface area contributed by atoms with Gasteiger partial charge in [0.15, 0.2) is 11.5 Å². The van der Waals surface area contributed by atoms with Crippen molar-refractivity contribution >= 4 is 48.2 Å². The zero-order valence-electron chi connectivity index (χ0n) is 28.9. The number of carbonyl (C=O) groups is 3. The van der Waals surface area contributed by atoms with Crippen molar-refractivity contribution in [2.75, 3.05) is 52.7 Å². The fourth-order valence-electron chi connectivity index (χ4n) is 7.57. The van der Waals surface area contributed by atoms with Crippen LogP contribution in [-0.4, -0.2) is 108 Å². The van der Waals surface area contributed by atoms with E-state index >= 15 is 0 Å². The Balaban J connectivity index is 1.10. The highest BCUT2D eigenvalue weighted by Crippen LogP contribution is 2.42. The number of β-lactam (4-membered cyclic amide) rings is 1. The van der Waals surface area contributed by atoms with Gasteiger partial charge in [0, 0.05) is 22.8 Å². The quantitative estimate of drug-likeness (QED) is 0.155. The normalized spacial score (nSPS) is 23.4. The molecule has 12 nitrogen and oxygen atoms in total. The summed E-state index contributed by atoms with van der Waals surface area (Å²) < 4.78 is 41.1. The standard InChI is InChI=1S/C37H38BClN3O9S/c1-47-27-7-3-23(4-8-27)20-49-30-12-11-29(33(39)35(30)50-21-24-5-9-28(48-2)10-6-24)36(44)40-14-16-42(15-13-26(40)19-42)18-25-22-52(46)32-17-31(43)41(32)34(25)37(45)51-38/h3-12,26,32H,13-22H2,1-2H3/q+1/t26-,32+,42-,52?/m0/s1. The number of fused-ring (bicyclic) bond motifs is 3. The maximum Gasteiger partial charge on any atom is 0.378 e. The van der Waals surface area contributed by atoms with Crippen LogP contribution in [0.2, 0.25) is 5.02 Å². The third-order valence-corrected chi connectivity index (χ3v) is 12.4. The molecule has 1 unspecified atom stereocenters. The summed E-state index contributed by atoms with van der Waals surface area (Å²) in [6, 6.07) is 18.3. The topological polar surface area (TPSA) is 121 Å². The molecule has 0 saturated carbocycles. The lowest BCUT2D eigenvalue weighted by Gasteiger charge is -2.46. The van der Waals surface area contributed by atoms with Crippen molar-refractivity contribution < 1.29 is 46.7 Å². The molecular weight excluding hydrogens is 709 g/mol. The van der Waals surface area contributed by atoms with Crippen LogP contribution in [0.3, 0.4) is 0 Å². The van der Waals surface area contributed by atoms with Gasteiger partial charge in [-0.1, -0.05) is 35.9 Å². The predicted molar refractivity (Wildman–Crippen MR) is 192 cm³/mol. The lowest BCUT2D eigenvalue weighted by molar-refractivity contribution is -0.916. The minimum atomic E-state index is -1.33. The molecule has 2 radical (unpaired) electrons. The van der Waals surface area contributed by atoms with Gasteiger partial charge in [-0.15, -0.1) is 0 Å². The van der Waals surface area contributed by atoms with Gasteiger partial charge in [-0.25, -0.2) is 4.79 Å². The Morgan fingerprint density at radius 1 is 0.942 bits per heavy atom. The maximum atomic E-state index is 14.2. The maximum absolute atomic E-state index is 14.2. The molecule has 4 atom stereocenters. The molecule has 0 aromatic heterocycles. The number of ether oxygens (including phenoxy) is 4. The Bertz CT molecular complexity index is 1940. The largest absolute Gasteiger partial charge is 0.539 e. The number of quaternary nitrogens is 1. The van der Waals surface area contributed by atoms with Crippen LogP contribution in [0, 0.1) is 0 Å². The summed E-state index contributed by atoms with van der Waals surface area (Å²) in [5.74, 6) is 1.00. The van der Waals surface area contributed by atoms with Gasteiger partial charge in [-0.3, -0.25) is 18.7 Å². The molecule has 4 aliphatic rings. The minimum absolute atomic E-state index is 0.0926. The highest BCUT2D eigenvalue weighted by Gasteiger charge is 2.53. The average molecular weight is 747 g/mol. The summed E-state index contributed by atoms with van der Waals surface area (Å²) in [6.07, 6.45) is 0.860. The van der Waals surface area contributed by atoms with Crippen molar-refractivity contribution in [3.63, 3.8) is 0 Å². The van der Waals surface area contributed by atoms with E-state index in [1.807, 2.05) is 53.4 Å². The number of amides is 2.